The lowest BCUT2D eigenvalue weighted by atomic mass is 10.1. The number of benzene rings is 1. The van der Waals surface area contributed by atoms with E-state index in [1.807, 2.05) is 0 Å². The SMILES string of the molecule is O=C(NCc1cscn1)Nc1c(F)cccc1C(=O)O. The van der Waals surface area contributed by atoms with Gasteiger partial charge in [0.05, 0.1) is 29.0 Å². The van der Waals surface area contributed by atoms with E-state index in [2.05, 4.69) is 15.6 Å². The number of carbonyl (C=O) groups excluding carboxylic acids is 1. The number of para-hydroxylation sites is 1. The number of nitrogens with one attached hydrogen (secondary N) is 2. The van der Waals surface area contributed by atoms with Gasteiger partial charge in [0.2, 0.25) is 0 Å². The molecule has 1 heterocycles. The van der Waals surface area contributed by atoms with Gasteiger partial charge in [-0.1, -0.05) is 6.07 Å². The molecule has 6 nitrogen and oxygen atoms in total. The molecule has 2 amide bonds. The first-order chi connectivity index (χ1) is 9.58. The lowest BCUT2D eigenvalue weighted by Gasteiger charge is -2.10. The monoisotopic (exact) mass is 295 g/mol. The number of nitrogens with zero attached hydrogens (tertiary/aromatic N) is 1. The molecule has 0 saturated carbocycles. The quantitative estimate of drug-likeness (QED) is 0.807. The number of halogens is 1. The minimum Gasteiger partial charge on any atom is -0.478 e. The molecule has 0 fully saturated rings. The fraction of sp³-hybridized carbons (Fsp3) is 0.0833. The minimum atomic E-state index is -1.32. The topological polar surface area (TPSA) is 91.3 Å². The number of aromatic carboxylic acids is 1. The average Bonchev–Trinajstić information content (AvgIpc) is 2.91. The summed E-state index contributed by atoms with van der Waals surface area (Å²) in [5.74, 6) is -2.13. The first-order valence-electron chi connectivity index (χ1n) is 5.51. The predicted octanol–water partition coefficient (Wildman–Crippen LogP) is 2.30. The van der Waals surface area contributed by atoms with Gasteiger partial charge in [0.15, 0.2) is 0 Å². The maximum atomic E-state index is 13.6. The van der Waals surface area contributed by atoms with Crippen molar-refractivity contribution in [3.05, 3.63) is 46.2 Å². The van der Waals surface area contributed by atoms with Crippen molar-refractivity contribution in [3.63, 3.8) is 0 Å². The zero-order chi connectivity index (χ0) is 14.5. The van der Waals surface area contributed by atoms with Crippen LogP contribution in [-0.4, -0.2) is 22.1 Å². The van der Waals surface area contributed by atoms with E-state index in [0.29, 0.717) is 5.69 Å². The Morgan fingerprint density at radius 1 is 1.40 bits per heavy atom. The molecular formula is C12H10FN3O3S. The summed E-state index contributed by atoms with van der Waals surface area (Å²) < 4.78 is 13.6. The summed E-state index contributed by atoms with van der Waals surface area (Å²) in [6.07, 6.45) is 0. The van der Waals surface area contributed by atoms with Crippen LogP contribution in [0, 0.1) is 5.82 Å². The Balaban J connectivity index is 2.06. The van der Waals surface area contributed by atoms with Gasteiger partial charge in [0, 0.05) is 5.38 Å². The van der Waals surface area contributed by atoms with E-state index >= 15 is 0 Å². The normalized spacial score (nSPS) is 10.1. The Bertz CT molecular complexity index is 631. The third kappa shape index (κ3) is 3.29. The number of amides is 2. The standard InChI is InChI=1S/C12H10FN3O3S/c13-9-3-1-2-8(11(17)18)10(9)16-12(19)14-4-7-5-20-6-15-7/h1-3,5-6H,4H2,(H,17,18)(H2,14,16,19). The van der Waals surface area contributed by atoms with E-state index < -0.39 is 17.8 Å². The van der Waals surface area contributed by atoms with E-state index in [-0.39, 0.29) is 17.8 Å². The van der Waals surface area contributed by atoms with Gasteiger partial charge in [-0.15, -0.1) is 11.3 Å². The number of rotatable bonds is 4. The molecule has 0 aliphatic rings. The molecule has 104 valence electrons. The highest BCUT2D eigenvalue weighted by Gasteiger charge is 2.16. The van der Waals surface area contributed by atoms with Crippen molar-refractivity contribution in [2.75, 3.05) is 5.32 Å². The van der Waals surface area contributed by atoms with Gasteiger partial charge in [0.1, 0.15) is 5.82 Å². The molecule has 0 bridgehead atoms. The van der Waals surface area contributed by atoms with Crippen LogP contribution in [0.25, 0.3) is 0 Å². The smallest absolute Gasteiger partial charge is 0.337 e. The summed E-state index contributed by atoms with van der Waals surface area (Å²) in [7, 11) is 0. The molecule has 0 aliphatic carbocycles. The van der Waals surface area contributed by atoms with Gasteiger partial charge in [-0.2, -0.15) is 0 Å². The fourth-order valence-corrected chi connectivity index (χ4v) is 2.04. The van der Waals surface area contributed by atoms with Crippen LogP contribution in [0.1, 0.15) is 16.1 Å². The first-order valence-corrected chi connectivity index (χ1v) is 6.46. The maximum absolute atomic E-state index is 13.6. The molecule has 0 spiro atoms. The number of hydrogen-bond donors (Lipinski definition) is 3. The lowest BCUT2D eigenvalue weighted by Crippen LogP contribution is -2.29. The van der Waals surface area contributed by atoms with Crippen LogP contribution in [0.15, 0.2) is 29.1 Å². The fourth-order valence-electron chi connectivity index (χ4n) is 1.48. The van der Waals surface area contributed by atoms with Crippen LogP contribution >= 0.6 is 11.3 Å². The predicted molar refractivity (Wildman–Crippen MR) is 71.3 cm³/mol. The molecule has 0 radical (unpaired) electrons. The third-order valence-corrected chi connectivity index (χ3v) is 3.03. The minimum absolute atomic E-state index is 0.173. The van der Waals surface area contributed by atoms with Crippen LogP contribution in [0.5, 0.6) is 0 Å². The molecule has 2 aromatic rings. The number of aromatic nitrogens is 1. The number of carbonyl (C=O) groups is 2. The summed E-state index contributed by atoms with van der Waals surface area (Å²) >= 11 is 1.38. The second kappa shape index (κ2) is 6.11. The molecule has 0 saturated heterocycles. The Labute approximate surface area is 117 Å². The largest absolute Gasteiger partial charge is 0.478 e. The summed E-state index contributed by atoms with van der Waals surface area (Å²) in [6, 6.07) is 2.84. The molecule has 0 unspecified atom stereocenters. The van der Waals surface area contributed by atoms with Gasteiger partial charge < -0.3 is 15.7 Å². The number of urea groups is 1. The second-order valence-corrected chi connectivity index (χ2v) is 4.47. The van der Waals surface area contributed by atoms with E-state index in [9.17, 15) is 14.0 Å². The number of anilines is 1. The van der Waals surface area contributed by atoms with Crippen molar-refractivity contribution in [1.29, 1.82) is 0 Å². The van der Waals surface area contributed by atoms with Gasteiger partial charge in [0.25, 0.3) is 0 Å². The van der Waals surface area contributed by atoms with Gasteiger partial charge in [-0.3, -0.25) is 0 Å². The molecule has 1 aromatic heterocycles. The third-order valence-electron chi connectivity index (χ3n) is 2.40. The van der Waals surface area contributed by atoms with Crippen molar-refractivity contribution in [1.82, 2.24) is 10.3 Å². The molecule has 20 heavy (non-hydrogen) atoms. The van der Waals surface area contributed by atoms with Crippen molar-refractivity contribution < 1.29 is 19.1 Å². The molecule has 8 heteroatoms. The van der Waals surface area contributed by atoms with E-state index in [1.165, 1.54) is 23.5 Å². The summed E-state index contributed by atoms with van der Waals surface area (Å²) in [6.45, 7) is 0.173. The van der Waals surface area contributed by atoms with Crippen LogP contribution in [0.2, 0.25) is 0 Å². The molecule has 0 aliphatic heterocycles. The van der Waals surface area contributed by atoms with E-state index in [4.69, 9.17) is 5.11 Å². The van der Waals surface area contributed by atoms with Gasteiger partial charge in [-0.25, -0.2) is 19.0 Å². The zero-order valence-electron chi connectivity index (χ0n) is 10.1. The molecule has 1 aromatic carbocycles. The summed E-state index contributed by atoms with van der Waals surface area (Å²) in [5.41, 5.74) is 1.61. The Morgan fingerprint density at radius 3 is 2.85 bits per heavy atom. The van der Waals surface area contributed by atoms with Crippen molar-refractivity contribution >= 4 is 29.0 Å². The Hall–Kier alpha value is -2.48. The second-order valence-electron chi connectivity index (χ2n) is 3.76. The maximum Gasteiger partial charge on any atom is 0.337 e. The van der Waals surface area contributed by atoms with Crippen LogP contribution in [-0.2, 0) is 6.54 Å². The highest BCUT2D eigenvalue weighted by Crippen LogP contribution is 2.19. The number of thiazole rings is 1. The van der Waals surface area contributed by atoms with E-state index in [0.717, 1.165) is 6.07 Å². The Morgan fingerprint density at radius 2 is 2.20 bits per heavy atom. The molecule has 0 atom stereocenters. The summed E-state index contributed by atoms with van der Waals surface area (Å²) in [5, 5.41) is 15.3. The molecule has 2 rings (SSSR count). The van der Waals surface area contributed by atoms with Crippen LogP contribution < -0.4 is 10.6 Å². The van der Waals surface area contributed by atoms with Crippen molar-refractivity contribution in [2.45, 2.75) is 6.54 Å². The van der Waals surface area contributed by atoms with Gasteiger partial charge in [-0.05, 0) is 12.1 Å². The summed E-state index contributed by atoms with van der Waals surface area (Å²) in [4.78, 5) is 26.5. The van der Waals surface area contributed by atoms with E-state index in [1.54, 1.807) is 10.9 Å². The van der Waals surface area contributed by atoms with Crippen LogP contribution in [0.4, 0.5) is 14.9 Å². The number of carboxylic acids is 1. The number of hydrogen-bond acceptors (Lipinski definition) is 4. The highest BCUT2D eigenvalue weighted by atomic mass is 32.1. The Kier molecular flexibility index (Phi) is 4.26. The number of carboxylic acid groups (broad SMARTS) is 1. The van der Waals surface area contributed by atoms with Crippen LogP contribution in [0.3, 0.4) is 0 Å². The highest BCUT2D eigenvalue weighted by molar-refractivity contribution is 7.07. The lowest BCUT2D eigenvalue weighted by molar-refractivity contribution is 0.0697. The molecular weight excluding hydrogens is 285 g/mol. The first kappa shape index (κ1) is 13.9. The van der Waals surface area contributed by atoms with Crippen molar-refractivity contribution in [3.8, 4) is 0 Å². The average molecular weight is 295 g/mol. The van der Waals surface area contributed by atoms with Crippen molar-refractivity contribution in [2.24, 2.45) is 0 Å². The molecule has 3 N–H and O–H groups in total. The zero-order valence-corrected chi connectivity index (χ0v) is 10.9. The van der Waals surface area contributed by atoms with Gasteiger partial charge >= 0.3 is 12.0 Å².